The van der Waals surface area contributed by atoms with Gasteiger partial charge >= 0.3 is 0 Å². The summed E-state index contributed by atoms with van der Waals surface area (Å²) in [5.41, 5.74) is 1.79. The maximum absolute atomic E-state index is 4.42. The molecule has 4 nitrogen and oxygen atoms in total. The first-order chi connectivity index (χ1) is 11.8. The molecular weight excluding hydrogens is 296 g/mol. The highest BCUT2D eigenvalue weighted by Crippen LogP contribution is 2.47. The van der Waals surface area contributed by atoms with E-state index in [-0.39, 0.29) is 0 Å². The minimum absolute atomic E-state index is 0.328. The number of hydrogen-bond acceptors (Lipinski definition) is 2. The molecule has 4 heteroatoms. The summed E-state index contributed by atoms with van der Waals surface area (Å²) in [6.45, 7) is 4.58. The Morgan fingerprint density at radius 1 is 1.17 bits per heavy atom. The van der Waals surface area contributed by atoms with E-state index in [0.29, 0.717) is 5.41 Å². The summed E-state index contributed by atoms with van der Waals surface area (Å²) in [7, 11) is 1.88. The third kappa shape index (κ3) is 3.59. The van der Waals surface area contributed by atoms with Gasteiger partial charge in [0.2, 0.25) is 0 Å². The molecule has 0 aromatic heterocycles. The van der Waals surface area contributed by atoms with Gasteiger partial charge in [-0.25, -0.2) is 0 Å². The lowest BCUT2D eigenvalue weighted by atomic mass is 9.96. The number of benzene rings is 1. The Morgan fingerprint density at radius 2 is 1.96 bits per heavy atom. The SMILES string of the molecule is CN=C(NCC1CCN(C2CC2)C1)NCC1(c2ccccc2)CC1. The summed E-state index contributed by atoms with van der Waals surface area (Å²) in [5, 5.41) is 7.12. The van der Waals surface area contributed by atoms with Gasteiger partial charge in [-0.2, -0.15) is 0 Å². The van der Waals surface area contributed by atoms with Crippen LogP contribution in [0.25, 0.3) is 0 Å². The van der Waals surface area contributed by atoms with Crippen molar-refractivity contribution in [3.63, 3.8) is 0 Å². The molecule has 2 aliphatic carbocycles. The zero-order valence-electron chi connectivity index (χ0n) is 14.8. The third-order valence-corrected chi connectivity index (χ3v) is 6.00. The molecule has 3 fully saturated rings. The molecule has 1 aliphatic heterocycles. The van der Waals surface area contributed by atoms with E-state index in [1.54, 1.807) is 0 Å². The Bertz CT molecular complexity index is 575. The number of hydrogen-bond donors (Lipinski definition) is 2. The fourth-order valence-corrected chi connectivity index (χ4v) is 4.03. The van der Waals surface area contributed by atoms with Crippen LogP contribution in [-0.2, 0) is 5.41 Å². The number of guanidine groups is 1. The number of aliphatic imine (C=N–C) groups is 1. The van der Waals surface area contributed by atoms with Gasteiger partial charge in [0.1, 0.15) is 0 Å². The standard InChI is InChI=1S/C20H30N4/c1-21-19(22-13-16-9-12-24(14-16)18-7-8-18)23-15-20(10-11-20)17-5-3-2-4-6-17/h2-6,16,18H,7-15H2,1H3,(H2,21,22,23). The monoisotopic (exact) mass is 326 g/mol. The van der Waals surface area contributed by atoms with Crippen molar-refractivity contribution in [3.05, 3.63) is 35.9 Å². The van der Waals surface area contributed by atoms with Crippen molar-refractivity contribution in [2.75, 3.05) is 33.2 Å². The van der Waals surface area contributed by atoms with E-state index in [0.717, 1.165) is 31.0 Å². The highest BCUT2D eigenvalue weighted by Gasteiger charge is 2.44. The first-order valence-corrected chi connectivity index (χ1v) is 9.53. The predicted octanol–water partition coefficient (Wildman–Crippen LogP) is 2.37. The second-order valence-electron chi connectivity index (χ2n) is 7.83. The Labute approximate surface area is 145 Å². The zero-order valence-corrected chi connectivity index (χ0v) is 14.8. The van der Waals surface area contributed by atoms with Gasteiger partial charge in [0.05, 0.1) is 0 Å². The van der Waals surface area contributed by atoms with Gasteiger partial charge in [0, 0.05) is 38.1 Å². The number of rotatable bonds is 6. The van der Waals surface area contributed by atoms with Gasteiger partial charge in [-0.05, 0) is 50.1 Å². The number of nitrogens with one attached hydrogen (secondary N) is 2. The largest absolute Gasteiger partial charge is 0.356 e. The topological polar surface area (TPSA) is 39.7 Å². The lowest BCUT2D eigenvalue weighted by molar-refractivity contribution is 0.314. The molecule has 0 bridgehead atoms. The first-order valence-electron chi connectivity index (χ1n) is 9.53. The summed E-state index contributed by atoms with van der Waals surface area (Å²) < 4.78 is 0. The molecule has 4 rings (SSSR count). The summed E-state index contributed by atoms with van der Waals surface area (Å²) in [5.74, 6) is 1.73. The van der Waals surface area contributed by atoms with Crippen LogP contribution in [0.5, 0.6) is 0 Å². The molecule has 0 spiro atoms. The molecule has 3 aliphatic rings. The Balaban J connectivity index is 1.23. The van der Waals surface area contributed by atoms with Crippen LogP contribution in [0.3, 0.4) is 0 Å². The van der Waals surface area contributed by atoms with Crippen molar-refractivity contribution >= 4 is 5.96 Å². The minimum atomic E-state index is 0.328. The van der Waals surface area contributed by atoms with Crippen LogP contribution in [-0.4, -0.2) is 50.1 Å². The van der Waals surface area contributed by atoms with Crippen LogP contribution in [0.4, 0.5) is 0 Å². The molecule has 0 radical (unpaired) electrons. The lowest BCUT2D eigenvalue weighted by Gasteiger charge is -2.20. The van der Waals surface area contributed by atoms with Crippen molar-refractivity contribution in [3.8, 4) is 0 Å². The van der Waals surface area contributed by atoms with Crippen LogP contribution in [0.2, 0.25) is 0 Å². The van der Waals surface area contributed by atoms with E-state index in [2.05, 4.69) is 50.9 Å². The van der Waals surface area contributed by atoms with Crippen LogP contribution in [0.15, 0.2) is 35.3 Å². The Kier molecular flexibility index (Phi) is 4.49. The van der Waals surface area contributed by atoms with Gasteiger partial charge in [-0.15, -0.1) is 0 Å². The summed E-state index contributed by atoms with van der Waals surface area (Å²) >= 11 is 0. The molecule has 1 atom stereocenters. The van der Waals surface area contributed by atoms with E-state index in [4.69, 9.17) is 0 Å². The fraction of sp³-hybridized carbons (Fsp3) is 0.650. The molecule has 1 aromatic carbocycles. The summed E-state index contributed by atoms with van der Waals surface area (Å²) in [6.07, 6.45) is 6.73. The van der Waals surface area contributed by atoms with E-state index in [1.165, 1.54) is 50.8 Å². The van der Waals surface area contributed by atoms with E-state index in [1.807, 2.05) is 7.05 Å². The minimum Gasteiger partial charge on any atom is -0.356 e. The first kappa shape index (κ1) is 15.9. The van der Waals surface area contributed by atoms with Crippen LogP contribution in [0.1, 0.15) is 37.7 Å². The zero-order chi connectivity index (χ0) is 16.4. The molecular formula is C20H30N4. The smallest absolute Gasteiger partial charge is 0.191 e. The quantitative estimate of drug-likeness (QED) is 0.623. The predicted molar refractivity (Wildman–Crippen MR) is 99.4 cm³/mol. The number of nitrogens with zero attached hydrogens (tertiary/aromatic N) is 2. The Morgan fingerprint density at radius 3 is 2.62 bits per heavy atom. The number of likely N-dealkylation sites (tertiary alicyclic amines) is 1. The van der Waals surface area contributed by atoms with Crippen molar-refractivity contribution in [2.45, 2.75) is 43.6 Å². The molecule has 1 saturated heterocycles. The normalized spacial score (nSPS) is 26.4. The van der Waals surface area contributed by atoms with E-state index in [9.17, 15) is 0 Å². The van der Waals surface area contributed by atoms with E-state index >= 15 is 0 Å². The van der Waals surface area contributed by atoms with Gasteiger partial charge in [0.15, 0.2) is 5.96 Å². The molecule has 2 N–H and O–H groups in total. The van der Waals surface area contributed by atoms with Gasteiger partial charge in [0.25, 0.3) is 0 Å². The molecule has 1 unspecified atom stereocenters. The maximum atomic E-state index is 4.42. The summed E-state index contributed by atoms with van der Waals surface area (Å²) in [4.78, 5) is 7.10. The van der Waals surface area contributed by atoms with Crippen molar-refractivity contribution in [1.82, 2.24) is 15.5 Å². The average Bonchev–Trinajstić information content (AvgIpc) is 3.56. The molecule has 1 heterocycles. The molecule has 2 saturated carbocycles. The second kappa shape index (κ2) is 6.75. The lowest BCUT2D eigenvalue weighted by Crippen LogP contribution is -2.43. The van der Waals surface area contributed by atoms with Gasteiger partial charge < -0.3 is 15.5 Å². The summed E-state index contributed by atoms with van der Waals surface area (Å²) in [6, 6.07) is 11.8. The van der Waals surface area contributed by atoms with Crippen LogP contribution < -0.4 is 10.6 Å². The van der Waals surface area contributed by atoms with Crippen molar-refractivity contribution in [1.29, 1.82) is 0 Å². The highest BCUT2D eigenvalue weighted by molar-refractivity contribution is 5.79. The van der Waals surface area contributed by atoms with E-state index < -0.39 is 0 Å². The second-order valence-corrected chi connectivity index (χ2v) is 7.83. The fourth-order valence-electron chi connectivity index (χ4n) is 4.03. The van der Waals surface area contributed by atoms with Gasteiger partial charge in [-0.3, -0.25) is 4.99 Å². The Hall–Kier alpha value is -1.55. The average molecular weight is 326 g/mol. The van der Waals surface area contributed by atoms with Gasteiger partial charge in [-0.1, -0.05) is 30.3 Å². The molecule has 24 heavy (non-hydrogen) atoms. The molecule has 130 valence electrons. The van der Waals surface area contributed by atoms with Crippen molar-refractivity contribution in [2.24, 2.45) is 10.9 Å². The van der Waals surface area contributed by atoms with Crippen LogP contribution >= 0.6 is 0 Å². The maximum Gasteiger partial charge on any atom is 0.191 e. The third-order valence-electron chi connectivity index (χ3n) is 6.00. The van der Waals surface area contributed by atoms with Crippen LogP contribution in [0, 0.1) is 5.92 Å². The molecule has 0 amide bonds. The van der Waals surface area contributed by atoms with Crippen molar-refractivity contribution < 1.29 is 0 Å². The highest BCUT2D eigenvalue weighted by atomic mass is 15.2. The molecule has 1 aromatic rings.